The molecule has 0 radical (unpaired) electrons. The van der Waals surface area contributed by atoms with Gasteiger partial charge in [0.05, 0.1) is 16.0 Å². The van der Waals surface area contributed by atoms with Crippen LogP contribution >= 0.6 is 35.8 Å². The van der Waals surface area contributed by atoms with Gasteiger partial charge in [0.25, 0.3) is 0 Å². The first kappa shape index (κ1) is 16.1. The topological polar surface area (TPSA) is 38.4 Å². The van der Waals surface area contributed by atoms with Crippen molar-refractivity contribution in [1.29, 1.82) is 0 Å². The molecular weight excluding hydrogens is 352 g/mol. The number of hydrogen-bond acceptors (Lipinski definition) is 4. The fourth-order valence-electron chi connectivity index (χ4n) is 3.76. The molecule has 1 spiro atoms. The highest BCUT2D eigenvalue weighted by Crippen LogP contribution is 2.47. The van der Waals surface area contributed by atoms with Gasteiger partial charge in [-0.15, -0.1) is 11.3 Å². The van der Waals surface area contributed by atoms with Crippen molar-refractivity contribution in [3.63, 3.8) is 0 Å². The molecule has 5 heteroatoms. The Labute approximate surface area is 156 Å². The van der Waals surface area contributed by atoms with Crippen LogP contribution in [0.25, 0.3) is 10.4 Å². The Morgan fingerprint density at radius 2 is 2.12 bits per heavy atom. The quantitative estimate of drug-likeness (QED) is 0.733. The van der Waals surface area contributed by atoms with Gasteiger partial charge in [-0.25, -0.2) is 0 Å². The molecule has 1 aromatic heterocycles. The number of fused-ring (bicyclic) bond motifs is 2. The van der Waals surface area contributed by atoms with Crippen LogP contribution in [0.1, 0.15) is 41.7 Å². The van der Waals surface area contributed by atoms with Crippen molar-refractivity contribution in [2.75, 3.05) is 0 Å². The number of benzene rings is 1. The number of nitrogens with two attached hydrogens (primary N) is 1. The van der Waals surface area contributed by atoms with Gasteiger partial charge in [0.15, 0.2) is 0 Å². The van der Waals surface area contributed by atoms with Crippen LogP contribution in [0.4, 0.5) is 5.69 Å². The van der Waals surface area contributed by atoms with E-state index in [1.165, 1.54) is 34.4 Å². The second kappa shape index (κ2) is 5.83. The van der Waals surface area contributed by atoms with Gasteiger partial charge in [-0.1, -0.05) is 36.9 Å². The second-order valence-corrected chi connectivity index (χ2v) is 8.56. The van der Waals surface area contributed by atoms with Crippen LogP contribution in [0.5, 0.6) is 0 Å². The number of rotatable bonds is 2. The van der Waals surface area contributed by atoms with Crippen molar-refractivity contribution >= 4 is 57.5 Å². The summed E-state index contributed by atoms with van der Waals surface area (Å²) in [6.07, 6.45) is 6.59. The van der Waals surface area contributed by atoms with Gasteiger partial charge < -0.3 is 5.73 Å². The number of nitrogens with zero attached hydrogens (tertiary/aromatic N) is 1. The molecule has 0 bridgehead atoms. The monoisotopic (exact) mass is 370 g/mol. The molecule has 4 rings (SSSR count). The highest BCUT2D eigenvalue weighted by Gasteiger charge is 2.41. The van der Waals surface area contributed by atoms with Crippen LogP contribution in [0.2, 0.25) is 0 Å². The smallest absolute Gasteiger partial charge is 0.114 e. The summed E-state index contributed by atoms with van der Waals surface area (Å²) in [5, 5.41) is 0. The summed E-state index contributed by atoms with van der Waals surface area (Å²) in [5.74, 6) is 0. The molecule has 2 nitrogen and oxygen atoms in total. The predicted molar refractivity (Wildman–Crippen MR) is 111 cm³/mol. The minimum Gasteiger partial charge on any atom is -0.389 e. The Hall–Kier alpha value is -1.43. The van der Waals surface area contributed by atoms with Crippen molar-refractivity contribution in [2.24, 2.45) is 10.7 Å². The lowest BCUT2D eigenvalue weighted by atomic mass is 9.70. The SMILES string of the molecule is Cc1cc(C(N)=S)sc1-c1ccc2c(c1)C1(C=N2)CCCCC1=S. The van der Waals surface area contributed by atoms with E-state index < -0.39 is 0 Å². The highest BCUT2D eigenvalue weighted by molar-refractivity contribution is 7.81. The van der Waals surface area contributed by atoms with Gasteiger partial charge in [-0.3, -0.25) is 4.99 Å². The molecule has 1 saturated carbocycles. The number of thiophene rings is 1. The van der Waals surface area contributed by atoms with E-state index in [1.54, 1.807) is 11.3 Å². The summed E-state index contributed by atoms with van der Waals surface area (Å²) in [5.41, 5.74) is 10.4. The lowest BCUT2D eigenvalue weighted by Gasteiger charge is -2.33. The Balaban J connectivity index is 1.82. The Kier molecular flexibility index (Phi) is 3.90. The van der Waals surface area contributed by atoms with Crippen LogP contribution in [-0.2, 0) is 5.41 Å². The third-order valence-electron chi connectivity index (χ3n) is 5.05. The van der Waals surface area contributed by atoms with E-state index in [0.29, 0.717) is 4.99 Å². The van der Waals surface area contributed by atoms with Crippen LogP contribution in [0.3, 0.4) is 0 Å². The maximum Gasteiger partial charge on any atom is 0.114 e. The summed E-state index contributed by atoms with van der Waals surface area (Å²) in [6, 6.07) is 8.62. The van der Waals surface area contributed by atoms with Crippen LogP contribution in [0, 0.1) is 6.92 Å². The number of aryl methyl sites for hydroxylation is 1. The largest absolute Gasteiger partial charge is 0.389 e. The fraction of sp³-hybridized carbons (Fsp3) is 0.316. The average molecular weight is 371 g/mol. The highest BCUT2D eigenvalue weighted by atomic mass is 32.1. The molecule has 1 unspecified atom stereocenters. The lowest BCUT2D eigenvalue weighted by molar-refractivity contribution is 0.575. The molecule has 0 saturated heterocycles. The Morgan fingerprint density at radius 3 is 2.83 bits per heavy atom. The zero-order chi connectivity index (χ0) is 16.9. The first-order valence-electron chi connectivity index (χ1n) is 8.15. The predicted octanol–water partition coefficient (Wildman–Crippen LogP) is 5.26. The molecule has 2 aromatic rings. The summed E-state index contributed by atoms with van der Waals surface area (Å²) >= 11 is 12.5. The molecule has 24 heavy (non-hydrogen) atoms. The Morgan fingerprint density at radius 1 is 1.29 bits per heavy atom. The molecule has 2 heterocycles. The van der Waals surface area contributed by atoms with Gasteiger partial charge in [-0.05, 0) is 61.1 Å². The second-order valence-electron chi connectivity index (χ2n) is 6.58. The van der Waals surface area contributed by atoms with Gasteiger partial charge in [0.1, 0.15) is 4.99 Å². The molecule has 0 amide bonds. The van der Waals surface area contributed by atoms with Crippen LogP contribution in [0.15, 0.2) is 29.3 Å². The van der Waals surface area contributed by atoms with Crippen molar-refractivity contribution < 1.29 is 0 Å². The number of thiocarbonyl (C=S) groups is 2. The van der Waals surface area contributed by atoms with E-state index in [1.807, 2.05) is 0 Å². The number of aliphatic imine (C=N–C) groups is 1. The van der Waals surface area contributed by atoms with Gasteiger partial charge >= 0.3 is 0 Å². The Bertz CT molecular complexity index is 894. The zero-order valence-electron chi connectivity index (χ0n) is 13.5. The summed E-state index contributed by atoms with van der Waals surface area (Å²) in [4.78, 5) is 8.46. The van der Waals surface area contributed by atoms with Gasteiger partial charge in [-0.2, -0.15) is 0 Å². The standard InChI is InChI=1S/C19H18N2S3/c1-11-8-15(18(20)23)24-17(11)12-5-6-14-13(9-12)19(10-21-14)7-3-2-4-16(19)22/h5-6,8-10H,2-4,7H2,1H3,(H2,20,23). The van der Waals surface area contributed by atoms with Crippen molar-refractivity contribution in [1.82, 2.24) is 0 Å². The first-order chi connectivity index (χ1) is 11.5. The van der Waals surface area contributed by atoms with Crippen molar-refractivity contribution in [2.45, 2.75) is 38.0 Å². The number of hydrogen-bond donors (Lipinski definition) is 1. The molecule has 1 aliphatic carbocycles. The van der Waals surface area contributed by atoms with Crippen LogP contribution in [-0.4, -0.2) is 16.1 Å². The van der Waals surface area contributed by atoms with Crippen LogP contribution < -0.4 is 5.73 Å². The molecule has 1 aliphatic heterocycles. The van der Waals surface area contributed by atoms with Gasteiger partial charge in [0, 0.05) is 16.0 Å². The lowest BCUT2D eigenvalue weighted by Crippen LogP contribution is -2.37. The van der Waals surface area contributed by atoms with Crippen molar-refractivity contribution in [3.05, 3.63) is 40.3 Å². The molecule has 122 valence electrons. The maximum atomic E-state index is 5.80. The molecule has 1 fully saturated rings. The molecular formula is C19H18N2S3. The third-order valence-corrected chi connectivity index (χ3v) is 7.28. The summed E-state index contributed by atoms with van der Waals surface area (Å²) < 4.78 is 0. The van der Waals surface area contributed by atoms with Crippen molar-refractivity contribution in [3.8, 4) is 10.4 Å². The van der Waals surface area contributed by atoms with E-state index in [4.69, 9.17) is 30.2 Å². The van der Waals surface area contributed by atoms with E-state index in [-0.39, 0.29) is 5.41 Å². The molecule has 1 atom stereocenters. The minimum absolute atomic E-state index is 0.129. The van der Waals surface area contributed by atoms with E-state index >= 15 is 0 Å². The van der Waals surface area contributed by atoms with E-state index in [2.05, 4.69) is 42.4 Å². The van der Waals surface area contributed by atoms with E-state index in [9.17, 15) is 0 Å². The normalized spacial score (nSPS) is 22.1. The van der Waals surface area contributed by atoms with Gasteiger partial charge in [0.2, 0.25) is 0 Å². The minimum atomic E-state index is -0.129. The first-order valence-corrected chi connectivity index (χ1v) is 9.78. The van der Waals surface area contributed by atoms with E-state index in [0.717, 1.165) is 28.3 Å². The fourth-order valence-corrected chi connectivity index (χ4v) is 5.37. The average Bonchev–Trinajstić information content (AvgIpc) is 3.12. The zero-order valence-corrected chi connectivity index (χ0v) is 15.9. The maximum absolute atomic E-state index is 5.80. The summed E-state index contributed by atoms with van der Waals surface area (Å²) in [7, 11) is 0. The third kappa shape index (κ3) is 2.38. The molecule has 2 N–H and O–H groups in total. The summed E-state index contributed by atoms with van der Waals surface area (Å²) in [6.45, 7) is 2.11. The molecule has 1 aromatic carbocycles. The molecule has 2 aliphatic rings.